The number of nitrogens with zero attached hydrogens (tertiary/aromatic N) is 2. The molecule has 0 aromatic heterocycles. The molecule has 23 heavy (non-hydrogen) atoms. The summed E-state index contributed by atoms with van der Waals surface area (Å²) in [5, 5.41) is 14.3. The van der Waals surface area contributed by atoms with Crippen LogP contribution in [0.1, 0.15) is 32.1 Å². The van der Waals surface area contributed by atoms with Gasteiger partial charge in [0.25, 0.3) is 0 Å². The third kappa shape index (κ3) is 5.61. The van der Waals surface area contributed by atoms with Crippen molar-refractivity contribution < 1.29 is 9.59 Å². The number of nitriles is 1. The van der Waals surface area contributed by atoms with Crippen molar-refractivity contribution in [3.05, 3.63) is 0 Å². The van der Waals surface area contributed by atoms with Crippen LogP contribution in [0, 0.1) is 23.2 Å². The molecule has 1 aliphatic heterocycles. The van der Waals surface area contributed by atoms with E-state index in [4.69, 9.17) is 5.26 Å². The second-order valence-corrected chi connectivity index (χ2v) is 7.39. The summed E-state index contributed by atoms with van der Waals surface area (Å²) < 4.78 is 0. The number of hydrogen-bond acceptors (Lipinski definition) is 4. The highest BCUT2D eigenvalue weighted by atomic mass is 32.2. The average Bonchev–Trinajstić information content (AvgIpc) is 2.61. The van der Waals surface area contributed by atoms with E-state index in [-0.39, 0.29) is 24.4 Å². The van der Waals surface area contributed by atoms with Gasteiger partial charge in [-0.05, 0) is 18.8 Å². The molecule has 1 saturated carbocycles. The van der Waals surface area contributed by atoms with Gasteiger partial charge in [0.05, 0.1) is 12.0 Å². The van der Waals surface area contributed by atoms with Gasteiger partial charge >= 0.3 is 6.03 Å². The molecule has 128 valence electrons. The summed E-state index contributed by atoms with van der Waals surface area (Å²) >= 11 is 1.86. The lowest BCUT2D eigenvalue weighted by Crippen LogP contribution is -2.48. The van der Waals surface area contributed by atoms with E-state index in [1.54, 1.807) is 0 Å². The van der Waals surface area contributed by atoms with E-state index in [9.17, 15) is 9.59 Å². The average molecular weight is 338 g/mol. The number of rotatable bonds is 5. The van der Waals surface area contributed by atoms with E-state index in [0.717, 1.165) is 50.3 Å². The number of urea groups is 1. The molecule has 7 heteroatoms. The molecule has 3 amide bonds. The van der Waals surface area contributed by atoms with Gasteiger partial charge < -0.3 is 15.5 Å². The first-order valence-electron chi connectivity index (χ1n) is 8.47. The van der Waals surface area contributed by atoms with E-state index in [1.807, 2.05) is 22.7 Å². The lowest BCUT2D eigenvalue weighted by atomic mass is 9.79. The Morgan fingerprint density at radius 2 is 1.87 bits per heavy atom. The largest absolute Gasteiger partial charge is 0.343 e. The van der Waals surface area contributed by atoms with Gasteiger partial charge in [0.1, 0.15) is 6.54 Å². The Hall–Kier alpha value is -1.42. The van der Waals surface area contributed by atoms with Crippen LogP contribution < -0.4 is 10.6 Å². The molecule has 1 unspecified atom stereocenters. The normalized spacial score (nSPS) is 20.4. The van der Waals surface area contributed by atoms with Crippen molar-refractivity contribution in [1.29, 1.82) is 5.26 Å². The smallest absolute Gasteiger partial charge is 0.317 e. The van der Waals surface area contributed by atoms with Gasteiger partial charge in [-0.2, -0.15) is 17.0 Å². The lowest BCUT2D eigenvalue weighted by molar-refractivity contribution is -0.126. The zero-order chi connectivity index (χ0) is 16.5. The van der Waals surface area contributed by atoms with Gasteiger partial charge in [-0.25, -0.2) is 4.79 Å². The van der Waals surface area contributed by atoms with E-state index in [1.165, 1.54) is 6.42 Å². The maximum Gasteiger partial charge on any atom is 0.317 e. The molecule has 2 rings (SSSR count). The van der Waals surface area contributed by atoms with Crippen LogP contribution in [0.25, 0.3) is 0 Å². The fourth-order valence-electron chi connectivity index (χ4n) is 3.34. The maximum absolute atomic E-state index is 12.4. The van der Waals surface area contributed by atoms with Crippen LogP contribution in [0.4, 0.5) is 4.79 Å². The maximum atomic E-state index is 12.4. The quantitative estimate of drug-likeness (QED) is 0.745. The molecule has 0 bridgehead atoms. The molecule has 2 fully saturated rings. The predicted octanol–water partition coefficient (Wildman–Crippen LogP) is 1.58. The third-order valence-electron chi connectivity index (χ3n) is 4.67. The molecule has 0 spiro atoms. The summed E-state index contributed by atoms with van der Waals surface area (Å²) in [5.74, 6) is 1.92. The van der Waals surface area contributed by atoms with Crippen LogP contribution in [0.5, 0.6) is 0 Å². The zero-order valence-electron chi connectivity index (χ0n) is 13.6. The standard InChI is InChI=1S/C16H26N4O2S/c17-6-7-18-15(21)14(13-4-2-1-3-5-13)12-19-16(22)20-8-10-23-11-9-20/h13-14H,1-5,7-12H2,(H,18,21)(H,19,22). The summed E-state index contributed by atoms with van der Waals surface area (Å²) in [6.45, 7) is 1.93. The zero-order valence-corrected chi connectivity index (χ0v) is 14.4. The number of nitrogens with one attached hydrogen (secondary N) is 2. The van der Waals surface area contributed by atoms with Gasteiger partial charge in [-0.1, -0.05) is 19.3 Å². The fraction of sp³-hybridized carbons (Fsp3) is 0.812. The molecule has 1 atom stereocenters. The molecular weight excluding hydrogens is 312 g/mol. The van der Waals surface area contributed by atoms with Crippen molar-refractivity contribution >= 4 is 23.7 Å². The van der Waals surface area contributed by atoms with Gasteiger partial charge in [-0.15, -0.1) is 0 Å². The molecular formula is C16H26N4O2S. The molecule has 2 N–H and O–H groups in total. The second kappa shape index (κ2) is 9.66. The number of carbonyl (C=O) groups is 2. The first-order chi connectivity index (χ1) is 11.2. The minimum absolute atomic E-state index is 0.0271. The molecule has 1 aliphatic carbocycles. The Morgan fingerprint density at radius 3 is 2.52 bits per heavy atom. The van der Waals surface area contributed by atoms with Crippen molar-refractivity contribution in [2.75, 3.05) is 37.7 Å². The summed E-state index contributed by atoms with van der Waals surface area (Å²) in [5.41, 5.74) is 0. The van der Waals surface area contributed by atoms with Gasteiger partial charge in [0, 0.05) is 31.1 Å². The lowest BCUT2D eigenvalue weighted by Gasteiger charge is -2.31. The van der Waals surface area contributed by atoms with Gasteiger partial charge in [0.15, 0.2) is 0 Å². The molecule has 2 aliphatic rings. The Labute approximate surface area is 142 Å². The van der Waals surface area contributed by atoms with Crippen molar-refractivity contribution in [1.82, 2.24) is 15.5 Å². The summed E-state index contributed by atoms with van der Waals surface area (Å²) in [7, 11) is 0. The number of hydrogen-bond donors (Lipinski definition) is 2. The summed E-state index contributed by atoms with van der Waals surface area (Å²) in [6.07, 6.45) is 5.57. The Kier molecular flexibility index (Phi) is 7.53. The Bertz CT molecular complexity index is 440. The predicted molar refractivity (Wildman–Crippen MR) is 91.0 cm³/mol. The van der Waals surface area contributed by atoms with Crippen LogP contribution in [0.3, 0.4) is 0 Å². The number of amides is 3. The molecule has 1 heterocycles. The summed E-state index contributed by atoms with van der Waals surface area (Å²) in [4.78, 5) is 26.4. The highest BCUT2D eigenvalue weighted by molar-refractivity contribution is 7.99. The molecule has 6 nitrogen and oxygen atoms in total. The third-order valence-corrected chi connectivity index (χ3v) is 5.61. The van der Waals surface area contributed by atoms with E-state index in [2.05, 4.69) is 10.6 Å². The van der Waals surface area contributed by atoms with Crippen LogP contribution >= 0.6 is 11.8 Å². The van der Waals surface area contributed by atoms with Crippen molar-refractivity contribution in [2.24, 2.45) is 11.8 Å². The van der Waals surface area contributed by atoms with Crippen molar-refractivity contribution in [2.45, 2.75) is 32.1 Å². The molecule has 1 saturated heterocycles. The highest BCUT2D eigenvalue weighted by Gasteiger charge is 2.30. The van der Waals surface area contributed by atoms with Crippen molar-refractivity contribution in [3.8, 4) is 6.07 Å². The first-order valence-corrected chi connectivity index (χ1v) is 9.63. The van der Waals surface area contributed by atoms with Crippen LogP contribution in [0.15, 0.2) is 0 Å². The van der Waals surface area contributed by atoms with Crippen LogP contribution in [-0.4, -0.2) is 54.5 Å². The van der Waals surface area contributed by atoms with Crippen LogP contribution in [0.2, 0.25) is 0 Å². The van der Waals surface area contributed by atoms with E-state index in [0.29, 0.717) is 12.5 Å². The minimum atomic E-state index is -0.230. The van der Waals surface area contributed by atoms with E-state index >= 15 is 0 Å². The SMILES string of the molecule is N#CCNC(=O)C(CNC(=O)N1CCSCC1)C1CCCCC1. The van der Waals surface area contributed by atoms with Gasteiger partial charge in [-0.3, -0.25) is 4.79 Å². The monoisotopic (exact) mass is 338 g/mol. The topological polar surface area (TPSA) is 85.2 Å². The van der Waals surface area contributed by atoms with Gasteiger partial charge in [0.2, 0.25) is 5.91 Å². The second-order valence-electron chi connectivity index (χ2n) is 6.17. The fourth-order valence-corrected chi connectivity index (χ4v) is 4.25. The summed E-state index contributed by atoms with van der Waals surface area (Å²) in [6, 6.07) is 1.87. The van der Waals surface area contributed by atoms with Crippen LogP contribution in [-0.2, 0) is 4.79 Å². The minimum Gasteiger partial charge on any atom is -0.343 e. The molecule has 0 radical (unpaired) electrons. The van der Waals surface area contributed by atoms with E-state index < -0.39 is 0 Å². The Morgan fingerprint density at radius 1 is 1.17 bits per heavy atom. The van der Waals surface area contributed by atoms with Crippen molar-refractivity contribution in [3.63, 3.8) is 0 Å². The highest BCUT2D eigenvalue weighted by Crippen LogP contribution is 2.30. The number of thioether (sulfide) groups is 1. The first kappa shape index (κ1) is 17.9. The Balaban J connectivity index is 1.89. The molecule has 0 aromatic carbocycles. The number of carbonyl (C=O) groups excluding carboxylic acids is 2. The molecule has 0 aromatic rings.